The Bertz CT molecular complexity index is 1320. The summed E-state index contributed by atoms with van der Waals surface area (Å²) in [5.41, 5.74) is 4.89. The van der Waals surface area contributed by atoms with E-state index in [0.29, 0.717) is 5.56 Å². The maximum absolute atomic E-state index is 12.6. The zero-order valence-electron chi connectivity index (χ0n) is 16.5. The number of sulfonamides is 1. The molecule has 0 fully saturated rings. The Hall–Kier alpha value is -3.00. The molecule has 0 atom stereocenters. The molecule has 1 aliphatic carbocycles. The van der Waals surface area contributed by atoms with E-state index in [-0.39, 0.29) is 21.3 Å². The Kier molecular flexibility index (Phi) is 5.66. The van der Waals surface area contributed by atoms with Crippen molar-refractivity contribution >= 4 is 33.4 Å². The Morgan fingerprint density at radius 2 is 1.68 bits per heavy atom. The number of ether oxygens (including phenoxy) is 1. The lowest BCUT2D eigenvalue weighted by atomic mass is 10.0. The Labute approximate surface area is 184 Å². The lowest BCUT2D eigenvalue weighted by molar-refractivity contribution is 0.0474. The first-order valence-electron chi connectivity index (χ1n) is 9.45. The van der Waals surface area contributed by atoms with E-state index in [0.717, 1.165) is 29.2 Å². The molecule has 3 aromatic carbocycles. The van der Waals surface area contributed by atoms with Gasteiger partial charge < -0.3 is 4.74 Å². The van der Waals surface area contributed by atoms with Gasteiger partial charge in [0.1, 0.15) is 4.90 Å². The Morgan fingerprint density at radius 3 is 2.45 bits per heavy atom. The van der Waals surface area contributed by atoms with E-state index in [1.807, 2.05) is 30.3 Å². The highest BCUT2D eigenvalue weighted by molar-refractivity contribution is 7.89. The predicted molar refractivity (Wildman–Crippen MR) is 117 cm³/mol. The molecule has 6 nitrogen and oxygen atoms in total. The molecule has 3 aromatic rings. The molecule has 1 N–H and O–H groups in total. The monoisotopic (exact) mass is 455 g/mol. The fraction of sp³-hybridized carbons (Fsp3) is 0.130. The molecule has 4 rings (SSSR count). The summed E-state index contributed by atoms with van der Waals surface area (Å²) in [5, 5.41) is -0.0274. The maximum atomic E-state index is 12.6. The summed E-state index contributed by atoms with van der Waals surface area (Å²) in [7, 11) is -2.61. The first-order valence-corrected chi connectivity index (χ1v) is 11.3. The van der Waals surface area contributed by atoms with Crippen LogP contribution < -0.4 is 4.72 Å². The molecule has 0 saturated carbocycles. The van der Waals surface area contributed by atoms with Crippen LogP contribution >= 0.6 is 11.6 Å². The van der Waals surface area contributed by atoms with Gasteiger partial charge >= 0.3 is 5.97 Å². The van der Waals surface area contributed by atoms with Crippen LogP contribution in [0.4, 0.5) is 0 Å². The van der Waals surface area contributed by atoms with Gasteiger partial charge in [0.2, 0.25) is 10.0 Å². The highest BCUT2D eigenvalue weighted by atomic mass is 35.5. The third-order valence-corrected chi connectivity index (χ3v) is 7.08. The molecule has 0 aliphatic heterocycles. The fourth-order valence-corrected chi connectivity index (χ4v) is 4.79. The zero-order chi connectivity index (χ0) is 22.2. The summed E-state index contributed by atoms with van der Waals surface area (Å²) < 4.78 is 31.3. The molecule has 0 saturated heterocycles. The molecule has 0 aromatic heterocycles. The van der Waals surface area contributed by atoms with Gasteiger partial charge in [-0.3, -0.25) is 4.79 Å². The van der Waals surface area contributed by atoms with Gasteiger partial charge in [0.25, 0.3) is 0 Å². The third kappa shape index (κ3) is 4.12. The van der Waals surface area contributed by atoms with Crippen LogP contribution in [-0.4, -0.2) is 33.8 Å². The number of fused-ring (bicyclic) bond motifs is 3. The molecular formula is C23H18ClNO5S. The van der Waals surface area contributed by atoms with Gasteiger partial charge in [0.05, 0.1) is 10.6 Å². The fourth-order valence-electron chi connectivity index (χ4n) is 3.54. The largest absolute Gasteiger partial charge is 0.454 e. The van der Waals surface area contributed by atoms with Gasteiger partial charge in [-0.1, -0.05) is 48.0 Å². The molecule has 158 valence electrons. The van der Waals surface area contributed by atoms with Crippen molar-refractivity contribution < 1.29 is 22.7 Å². The quantitative estimate of drug-likeness (QED) is 0.352. The lowest BCUT2D eigenvalue weighted by Gasteiger charge is -2.09. The molecule has 0 radical (unpaired) electrons. The first-order chi connectivity index (χ1) is 14.8. The molecule has 0 bridgehead atoms. The minimum absolute atomic E-state index is 0.0195. The maximum Gasteiger partial charge on any atom is 0.338 e. The van der Waals surface area contributed by atoms with Crippen LogP contribution in [0.2, 0.25) is 5.02 Å². The van der Waals surface area contributed by atoms with Gasteiger partial charge in [0.15, 0.2) is 12.4 Å². The topological polar surface area (TPSA) is 89.5 Å². The normalized spacial score (nSPS) is 12.2. The number of carbonyl (C=O) groups is 2. The van der Waals surface area contributed by atoms with Crippen molar-refractivity contribution in [1.82, 2.24) is 4.72 Å². The summed E-state index contributed by atoms with van der Waals surface area (Å²) in [6.45, 7) is -0.462. The summed E-state index contributed by atoms with van der Waals surface area (Å²) in [5.74, 6) is -1.17. The number of rotatable bonds is 6. The molecule has 0 heterocycles. The number of hydrogen-bond acceptors (Lipinski definition) is 5. The highest BCUT2D eigenvalue weighted by Gasteiger charge is 2.22. The average Bonchev–Trinajstić information content (AvgIpc) is 3.15. The number of esters is 1. The van der Waals surface area contributed by atoms with Crippen LogP contribution in [0.1, 0.15) is 31.8 Å². The standard InChI is InChI=1S/C23H18ClNO5S/c1-25-31(28,29)22-12-17(8-9-20(22)24)23(27)30-13-21(26)16-7-6-15-10-14-4-2-3-5-18(14)19(15)11-16/h2-9,11-12,25H,10,13H2,1H3. The van der Waals surface area contributed by atoms with Crippen LogP contribution in [-0.2, 0) is 21.2 Å². The van der Waals surface area contributed by atoms with Crippen molar-refractivity contribution in [2.45, 2.75) is 11.3 Å². The smallest absolute Gasteiger partial charge is 0.338 e. The van der Waals surface area contributed by atoms with E-state index < -0.39 is 22.6 Å². The summed E-state index contributed by atoms with van der Waals surface area (Å²) in [4.78, 5) is 24.8. The highest BCUT2D eigenvalue weighted by Crippen LogP contribution is 2.36. The van der Waals surface area contributed by atoms with E-state index >= 15 is 0 Å². The van der Waals surface area contributed by atoms with Gasteiger partial charge in [-0.25, -0.2) is 17.9 Å². The molecular weight excluding hydrogens is 438 g/mol. The van der Waals surface area contributed by atoms with Crippen molar-refractivity contribution in [3.05, 3.63) is 87.9 Å². The summed E-state index contributed by atoms with van der Waals surface area (Å²) in [6, 6.07) is 17.2. The van der Waals surface area contributed by atoms with Crippen LogP contribution in [0.15, 0.2) is 65.6 Å². The zero-order valence-corrected chi connectivity index (χ0v) is 18.1. The van der Waals surface area contributed by atoms with Gasteiger partial charge in [-0.15, -0.1) is 0 Å². The number of nitrogens with one attached hydrogen (secondary N) is 1. The van der Waals surface area contributed by atoms with Gasteiger partial charge in [0, 0.05) is 5.56 Å². The van der Waals surface area contributed by atoms with E-state index in [9.17, 15) is 18.0 Å². The van der Waals surface area contributed by atoms with Crippen LogP contribution in [0.5, 0.6) is 0 Å². The third-order valence-electron chi connectivity index (χ3n) is 5.18. The average molecular weight is 456 g/mol. The summed E-state index contributed by atoms with van der Waals surface area (Å²) in [6.07, 6.45) is 0.823. The number of hydrogen-bond donors (Lipinski definition) is 1. The second-order valence-corrected chi connectivity index (χ2v) is 9.32. The van der Waals surface area contributed by atoms with E-state index in [4.69, 9.17) is 16.3 Å². The second-order valence-electron chi connectivity index (χ2n) is 7.06. The van der Waals surface area contributed by atoms with Crippen LogP contribution in [0.25, 0.3) is 11.1 Å². The molecule has 1 aliphatic rings. The number of halogens is 1. The lowest BCUT2D eigenvalue weighted by Crippen LogP contribution is -2.20. The Morgan fingerprint density at radius 1 is 0.968 bits per heavy atom. The SMILES string of the molecule is CNS(=O)(=O)c1cc(C(=O)OCC(=O)c2ccc3c(c2)-c2ccccc2C3)ccc1Cl. The van der Waals surface area contributed by atoms with Gasteiger partial charge in [-0.05, 0) is 60.0 Å². The number of ketones is 1. The Balaban J connectivity index is 1.49. The summed E-state index contributed by atoms with van der Waals surface area (Å²) >= 11 is 5.93. The van der Waals surface area contributed by atoms with E-state index in [1.165, 1.54) is 24.7 Å². The van der Waals surface area contributed by atoms with Crippen molar-refractivity contribution in [3.63, 3.8) is 0 Å². The molecule has 8 heteroatoms. The molecule has 0 unspecified atom stereocenters. The number of Topliss-reactive ketones (excluding diaryl/α,β-unsaturated/α-hetero) is 1. The van der Waals surface area contributed by atoms with Crippen LogP contribution in [0, 0.1) is 0 Å². The van der Waals surface area contributed by atoms with E-state index in [1.54, 1.807) is 6.07 Å². The van der Waals surface area contributed by atoms with Crippen LogP contribution in [0.3, 0.4) is 0 Å². The molecule has 0 spiro atoms. The predicted octanol–water partition coefficient (Wildman–Crippen LogP) is 3.86. The van der Waals surface area contributed by atoms with Crippen molar-refractivity contribution in [1.29, 1.82) is 0 Å². The molecule has 0 amide bonds. The van der Waals surface area contributed by atoms with Crippen molar-refractivity contribution in [2.75, 3.05) is 13.7 Å². The van der Waals surface area contributed by atoms with E-state index in [2.05, 4.69) is 10.8 Å². The number of benzene rings is 3. The first kappa shape index (κ1) is 21.2. The van der Waals surface area contributed by atoms with Crippen molar-refractivity contribution in [3.8, 4) is 11.1 Å². The minimum Gasteiger partial charge on any atom is -0.454 e. The second kappa shape index (κ2) is 8.26. The molecule has 31 heavy (non-hydrogen) atoms. The van der Waals surface area contributed by atoms with Crippen molar-refractivity contribution in [2.24, 2.45) is 0 Å². The number of carbonyl (C=O) groups excluding carboxylic acids is 2. The van der Waals surface area contributed by atoms with Gasteiger partial charge in [-0.2, -0.15) is 0 Å². The minimum atomic E-state index is -3.85.